The zero-order chi connectivity index (χ0) is 21.1. The first kappa shape index (κ1) is 21.5. The highest BCUT2D eigenvalue weighted by Crippen LogP contribution is 2.38. The number of imide groups is 1. The average molecular weight is 473 g/mol. The van der Waals surface area contributed by atoms with E-state index in [0.29, 0.717) is 27.2 Å². The Morgan fingerprint density at radius 1 is 1.10 bits per heavy atom. The van der Waals surface area contributed by atoms with E-state index in [9.17, 15) is 14.4 Å². The maximum atomic E-state index is 12.2. The van der Waals surface area contributed by atoms with E-state index in [1.165, 1.54) is 18.2 Å². The number of halogens is 3. The van der Waals surface area contributed by atoms with E-state index in [4.69, 9.17) is 44.6 Å². The van der Waals surface area contributed by atoms with Gasteiger partial charge in [0.05, 0.1) is 15.0 Å². The SMILES string of the molecule is O=C(O)CN1C(=O)S/C(=C/c2cc(Cl)c(OCc3ccccc3Cl)c(Cl)c2)C1=O. The van der Waals surface area contributed by atoms with Crippen molar-refractivity contribution in [3.63, 3.8) is 0 Å². The van der Waals surface area contributed by atoms with Gasteiger partial charge in [0, 0.05) is 10.6 Å². The molecule has 6 nitrogen and oxygen atoms in total. The molecule has 0 aliphatic carbocycles. The lowest BCUT2D eigenvalue weighted by Gasteiger charge is -2.12. The summed E-state index contributed by atoms with van der Waals surface area (Å²) in [6.07, 6.45) is 1.42. The zero-order valence-corrected chi connectivity index (χ0v) is 17.6. The first-order valence-corrected chi connectivity index (χ1v) is 10.0. The largest absolute Gasteiger partial charge is 0.486 e. The number of thioether (sulfide) groups is 1. The van der Waals surface area contributed by atoms with Gasteiger partial charge >= 0.3 is 5.97 Å². The van der Waals surface area contributed by atoms with Gasteiger partial charge in [0.25, 0.3) is 11.1 Å². The van der Waals surface area contributed by atoms with Crippen LogP contribution in [0.2, 0.25) is 15.1 Å². The minimum Gasteiger partial charge on any atom is -0.486 e. The number of aliphatic carboxylic acids is 1. The van der Waals surface area contributed by atoms with Crippen molar-refractivity contribution in [3.8, 4) is 5.75 Å². The van der Waals surface area contributed by atoms with Gasteiger partial charge < -0.3 is 9.84 Å². The average Bonchev–Trinajstić information content (AvgIpc) is 2.89. The molecule has 2 aromatic rings. The number of ether oxygens (including phenoxy) is 1. The fraction of sp³-hybridized carbons (Fsp3) is 0.105. The smallest absolute Gasteiger partial charge is 0.323 e. The molecule has 3 rings (SSSR count). The van der Waals surface area contributed by atoms with Crippen molar-refractivity contribution < 1.29 is 24.2 Å². The second-order valence-corrected chi connectivity index (χ2v) is 8.07. The summed E-state index contributed by atoms with van der Waals surface area (Å²) in [7, 11) is 0. The van der Waals surface area contributed by atoms with Gasteiger partial charge in [0.1, 0.15) is 13.2 Å². The zero-order valence-electron chi connectivity index (χ0n) is 14.5. The molecule has 1 aliphatic rings. The molecule has 0 spiro atoms. The molecule has 0 radical (unpaired) electrons. The first-order valence-electron chi connectivity index (χ1n) is 8.08. The Hall–Kier alpha value is -2.19. The van der Waals surface area contributed by atoms with Crippen molar-refractivity contribution in [2.45, 2.75) is 6.61 Å². The first-order chi connectivity index (χ1) is 13.8. The maximum Gasteiger partial charge on any atom is 0.323 e. The van der Waals surface area contributed by atoms with Crippen LogP contribution < -0.4 is 4.74 Å². The number of carbonyl (C=O) groups excluding carboxylic acids is 2. The van der Waals surface area contributed by atoms with E-state index >= 15 is 0 Å². The van der Waals surface area contributed by atoms with E-state index < -0.39 is 23.7 Å². The molecule has 29 heavy (non-hydrogen) atoms. The highest BCUT2D eigenvalue weighted by atomic mass is 35.5. The summed E-state index contributed by atoms with van der Waals surface area (Å²) in [6, 6.07) is 10.2. The number of hydrogen-bond donors (Lipinski definition) is 1. The van der Waals surface area contributed by atoms with Crippen LogP contribution in [0.25, 0.3) is 6.08 Å². The third-order valence-corrected chi connectivity index (χ3v) is 5.65. The fourth-order valence-electron chi connectivity index (χ4n) is 2.49. The molecule has 2 aromatic carbocycles. The van der Waals surface area contributed by atoms with Crippen LogP contribution in [0.3, 0.4) is 0 Å². The fourth-order valence-corrected chi connectivity index (χ4v) is 4.13. The van der Waals surface area contributed by atoms with E-state index in [-0.39, 0.29) is 27.3 Å². The van der Waals surface area contributed by atoms with Crippen LogP contribution in [-0.2, 0) is 16.2 Å². The molecule has 1 aliphatic heterocycles. The highest BCUT2D eigenvalue weighted by molar-refractivity contribution is 8.18. The Morgan fingerprint density at radius 3 is 2.38 bits per heavy atom. The van der Waals surface area contributed by atoms with Crippen LogP contribution in [-0.4, -0.2) is 33.7 Å². The Kier molecular flexibility index (Phi) is 6.74. The summed E-state index contributed by atoms with van der Waals surface area (Å²) in [6.45, 7) is -0.537. The lowest BCUT2D eigenvalue weighted by atomic mass is 10.2. The van der Waals surface area contributed by atoms with Crippen LogP contribution in [0.5, 0.6) is 5.75 Å². The summed E-state index contributed by atoms with van der Waals surface area (Å²) < 4.78 is 5.69. The number of benzene rings is 2. The van der Waals surface area contributed by atoms with Crippen molar-refractivity contribution in [2.24, 2.45) is 0 Å². The normalized spacial score (nSPS) is 15.3. The van der Waals surface area contributed by atoms with Crippen LogP contribution >= 0.6 is 46.6 Å². The van der Waals surface area contributed by atoms with Crippen LogP contribution in [0, 0.1) is 0 Å². The predicted molar refractivity (Wildman–Crippen MR) is 113 cm³/mol. The van der Waals surface area contributed by atoms with Crippen molar-refractivity contribution in [2.75, 3.05) is 6.54 Å². The quantitative estimate of drug-likeness (QED) is 0.571. The number of rotatable bonds is 6. The second kappa shape index (κ2) is 9.09. The van der Waals surface area contributed by atoms with Gasteiger partial charge in [-0.3, -0.25) is 19.3 Å². The molecule has 0 bridgehead atoms. The molecule has 0 aromatic heterocycles. The standard InChI is InChI=1S/C19H12Cl3NO5S/c20-12-4-2-1-3-11(12)9-28-17-13(21)5-10(6-14(17)22)7-15-18(26)23(8-16(24)25)19(27)29-15/h1-7H,8-9H2,(H,24,25)/b15-7+. The Labute approximate surface area is 185 Å². The molecular weight excluding hydrogens is 461 g/mol. The number of amides is 2. The van der Waals surface area contributed by atoms with Gasteiger partial charge in [0.2, 0.25) is 0 Å². The van der Waals surface area contributed by atoms with E-state index in [0.717, 1.165) is 5.56 Å². The summed E-state index contributed by atoms with van der Waals surface area (Å²) in [5.41, 5.74) is 1.23. The van der Waals surface area contributed by atoms with Crippen molar-refractivity contribution in [3.05, 3.63) is 67.5 Å². The topological polar surface area (TPSA) is 83.9 Å². The third-order valence-electron chi connectivity index (χ3n) is 3.82. The minimum atomic E-state index is -1.28. The van der Waals surface area contributed by atoms with Crippen LogP contribution in [0.4, 0.5) is 4.79 Å². The Bertz CT molecular complexity index is 1020. The monoisotopic (exact) mass is 471 g/mol. The summed E-state index contributed by atoms with van der Waals surface area (Å²) in [5, 5.41) is 9.12. The third kappa shape index (κ3) is 5.05. The molecule has 1 fully saturated rings. The number of hydrogen-bond acceptors (Lipinski definition) is 5. The number of carboxylic acid groups (broad SMARTS) is 1. The Morgan fingerprint density at radius 2 is 1.76 bits per heavy atom. The molecule has 1 saturated heterocycles. The molecular formula is C19H12Cl3NO5S. The highest BCUT2D eigenvalue weighted by Gasteiger charge is 2.36. The van der Waals surface area contributed by atoms with Gasteiger partial charge in [-0.05, 0) is 41.6 Å². The minimum absolute atomic E-state index is 0.0770. The maximum absolute atomic E-state index is 12.2. The second-order valence-electron chi connectivity index (χ2n) is 5.86. The lowest BCUT2D eigenvalue weighted by Crippen LogP contribution is -2.33. The molecule has 2 amide bonds. The molecule has 1 heterocycles. The molecule has 1 N–H and O–H groups in total. The van der Waals surface area contributed by atoms with Gasteiger partial charge in [0.15, 0.2) is 5.75 Å². The van der Waals surface area contributed by atoms with Gasteiger partial charge in [-0.2, -0.15) is 0 Å². The Balaban J connectivity index is 1.80. The van der Waals surface area contributed by atoms with Crippen molar-refractivity contribution in [1.29, 1.82) is 0 Å². The van der Waals surface area contributed by atoms with Gasteiger partial charge in [-0.15, -0.1) is 0 Å². The molecule has 0 unspecified atom stereocenters. The predicted octanol–water partition coefficient (Wildman–Crippen LogP) is 5.35. The summed E-state index contributed by atoms with van der Waals surface area (Å²) in [5.74, 6) is -1.71. The lowest BCUT2D eigenvalue weighted by molar-refractivity contribution is -0.140. The molecule has 10 heteroatoms. The van der Waals surface area contributed by atoms with Gasteiger partial charge in [-0.25, -0.2) is 0 Å². The van der Waals surface area contributed by atoms with Gasteiger partial charge in [-0.1, -0.05) is 53.0 Å². The number of carbonyl (C=O) groups is 3. The van der Waals surface area contributed by atoms with Crippen LogP contribution in [0.1, 0.15) is 11.1 Å². The molecule has 0 saturated carbocycles. The number of nitrogens with zero attached hydrogens (tertiary/aromatic N) is 1. The molecule has 150 valence electrons. The van der Waals surface area contributed by atoms with Crippen LogP contribution in [0.15, 0.2) is 41.3 Å². The molecule has 0 atom stereocenters. The van der Waals surface area contributed by atoms with Crippen molar-refractivity contribution in [1.82, 2.24) is 4.90 Å². The van der Waals surface area contributed by atoms with E-state index in [1.807, 2.05) is 12.1 Å². The summed E-state index contributed by atoms with van der Waals surface area (Å²) >= 11 is 19.3. The van der Waals surface area contributed by atoms with E-state index in [1.54, 1.807) is 12.1 Å². The number of carboxylic acids is 1. The summed E-state index contributed by atoms with van der Waals surface area (Å²) in [4.78, 5) is 35.6. The van der Waals surface area contributed by atoms with Crippen molar-refractivity contribution >= 4 is 69.8 Å². The van der Waals surface area contributed by atoms with E-state index in [2.05, 4.69) is 0 Å².